The third-order valence-electron chi connectivity index (χ3n) is 3.84. The summed E-state index contributed by atoms with van der Waals surface area (Å²) in [4.78, 5) is 10.7. The highest BCUT2D eigenvalue weighted by Crippen LogP contribution is 2.52. The van der Waals surface area contributed by atoms with Gasteiger partial charge in [-0.3, -0.25) is 0 Å². The molecular weight excluding hydrogens is 216 g/mol. The lowest BCUT2D eigenvalue weighted by Gasteiger charge is -2.30. The van der Waals surface area contributed by atoms with Gasteiger partial charge in [0.2, 0.25) is 5.92 Å². The monoisotopic (exact) mass is 233 g/mol. The molecule has 2 saturated carbocycles. The second-order valence-electron chi connectivity index (χ2n) is 5.40. The standard InChI is InChI=1S/C11H17F2NO2/c1-10(16-9(14)15)4-7-2-3-11(12,13)6-8(7)5-10/h7-8H,2-6H2,1H3,(H2,14,15)/t7-,8-,10-/m1/s1. The molecule has 3 nitrogen and oxygen atoms in total. The van der Waals surface area contributed by atoms with Crippen molar-refractivity contribution in [1.82, 2.24) is 0 Å². The van der Waals surface area contributed by atoms with Gasteiger partial charge in [0.15, 0.2) is 0 Å². The average Bonchev–Trinajstić information content (AvgIpc) is 2.36. The molecule has 16 heavy (non-hydrogen) atoms. The van der Waals surface area contributed by atoms with Crippen molar-refractivity contribution in [3.8, 4) is 0 Å². The largest absolute Gasteiger partial charge is 0.443 e. The SMILES string of the molecule is C[C@@]1(OC(N)=O)C[C@H]2CCC(F)(F)C[C@H]2C1. The first-order chi connectivity index (χ1) is 7.30. The van der Waals surface area contributed by atoms with Gasteiger partial charge in [0.05, 0.1) is 0 Å². The van der Waals surface area contributed by atoms with E-state index in [1.807, 2.05) is 0 Å². The summed E-state index contributed by atoms with van der Waals surface area (Å²) in [6.45, 7) is 1.79. The number of hydrogen-bond donors (Lipinski definition) is 1. The Labute approximate surface area is 93.3 Å². The Morgan fingerprint density at radius 2 is 1.94 bits per heavy atom. The summed E-state index contributed by atoms with van der Waals surface area (Å²) in [5.41, 5.74) is 4.35. The van der Waals surface area contributed by atoms with Crippen LogP contribution >= 0.6 is 0 Å². The molecule has 0 bridgehead atoms. The van der Waals surface area contributed by atoms with E-state index >= 15 is 0 Å². The maximum absolute atomic E-state index is 13.2. The summed E-state index contributed by atoms with van der Waals surface area (Å²) < 4.78 is 31.5. The molecule has 0 saturated heterocycles. The second-order valence-corrected chi connectivity index (χ2v) is 5.40. The van der Waals surface area contributed by atoms with E-state index in [2.05, 4.69) is 0 Å². The van der Waals surface area contributed by atoms with Crippen molar-refractivity contribution < 1.29 is 18.3 Å². The van der Waals surface area contributed by atoms with Gasteiger partial charge in [-0.1, -0.05) is 0 Å². The van der Waals surface area contributed by atoms with Crippen molar-refractivity contribution >= 4 is 6.09 Å². The molecule has 0 heterocycles. The van der Waals surface area contributed by atoms with Crippen molar-refractivity contribution in [2.45, 2.75) is 50.6 Å². The van der Waals surface area contributed by atoms with Crippen molar-refractivity contribution in [2.24, 2.45) is 17.6 Å². The number of carbonyl (C=O) groups is 1. The Balaban J connectivity index is 2.03. The van der Waals surface area contributed by atoms with Gasteiger partial charge < -0.3 is 10.5 Å². The summed E-state index contributed by atoms with van der Waals surface area (Å²) in [6, 6.07) is 0. The Bertz CT molecular complexity index is 308. The fraction of sp³-hybridized carbons (Fsp3) is 0.909. The van der Waals surface area contributed by atoms with Gasteiger partial charge in [0.1, 0.15) is 5.60 Å². The van der Waals surface area contributed by atoms with Crippen LogP contribution in [0.4, 0.5) is 13.6 Å². The number of alkyl halides is 2. The van der Waals surface area contributed by atoms with Gasteiger partial charge in [0.25, 0.3) is 0 Å². The fourth-order valence-electron chi connectivity index (χ4n) is 3.31. The van der Waals surface area contributed by atoms with Gasteiger partial charge in [0, 0.05) is 12.8 Å². The molecule has 0 aliphatic heterocycles. The highest BCUT2D eigenvalue weighted by atomic mass is 19.3. The van der Waals surface area contributed by atoms with E-state index in [1.54, 1.807) is 6.92 Å². The predicted molar refractivity (Wildman–Crippen MR) is 54.1 cm³/mol. The van der Waals surface area contributed by atoms with Gasteiger partial charge >= 0.3 is 6.09 Å². The first-order valence-corrected chi connectivity index (χ1v) is 5.66. The number of hydrogen-bond acceptors (Lipinski definition) is 2. The molecule has 2 N–H and O–H groups in total. The minimum Gasteiger partial charge on any atom is -0.443 e. The Hall–Kier alpha value is -0.870. The predicted octanol–water partition coefficient (Wildman–Crippen LogP) is 2.69. The van der Waals surface area contributed by atoms with E-state index in [1.165, 1.54) is 0 Å². The molecule has 0 aromatic rings. The van der Waals surface area contributed by atoms with Crippen molar-refractivity contribution in [3.05, 3.63) is 0 Å². The van der Waals surface area contributed by atoms with E-state index in [4.69, 9.17) is 10.5 Å². The number of fused-ring (bicyclic) bond motifs is 1. The van der Waals surface area contributed by atoms with Crippen LogP contribution in [0.1, 0.15) is 39.0 Å². The zero-order valence-corrected chi connectivity index (χ0v) is 9.34. The summed E-state index contributed by atoms with van der Waals surface area (Å²) in [6.07, 6.45) is 0.770. The number of primary amides is 1. The number of ether oxygens (including phenoxy) is 1. The van der Waals surface area contributed by atoms with Crippen LogP contribution in [-0.4, -0.2) is 17.6 Å². The minimum absolute atomic E-state index is 0.0342. The number of amides is 1. The summed E-state index contributed by atoms with van der Waals surface area (Å²) in [5, 5.41) is 0. The van der Waals surface area contributed by atoms with Crippen LogP contribution < -0.4 is 5.73 Å². The number of carbonyl (C=O) groups excluding carboxylic acids is 1. The van der Waals surface area contributed by atoms with E-state index in [9.17, 15) is 13.6 Å². The third-order valence-corrected chi connectivity index (χ3v) is 3.84. The quantitative estimate of drug-likeness (QED) is 0.757. The van der Waals surface area contributed by atoms with Crippen LogP contribution in [0.3, 0.4) is 0 Å². The summed E-state index contributed by atoms with van der Waals surface area (Å²) in [5.74, 6) is -2.32. The Morgan fingerprint density at radius 3 is 2.56 bits per heavy atom. The smallest absolute Gasteiger partial charge is 0.405 e. The number of rotatable bonds is 1. The zero-order chi connectivity index (χ0) is 12.0. The topological polar surface area (TPSA) is 52.3 Å². The molecule has 3 atom stereocenters. The van der Waals surface area contributed by atoms with Crippen molar-refractivity contribution in [3.63, 3.8) is 0 Å². The molecule has 2 aliphatic rings. The second kappa shape index (κ2) is 3.57. The first-order valence-electron chi connectivity index (χ1n) is 5.66. The lowest BCUT2D eigenvalue weighted by Crippen LogP contribution is -2.32. The molecule has 2 fully saturated rings. The third kappa shape index (κ3) is 2.28. The van der Waals surface area contributed by atoms with E-state index in [0.717, 1.165) is 0 Å². The molecule has 0 spiro atoms. The molecule has 0 radical (unpaired) electrons. The zero-order valence-electron chi connectivity index (χ0n) is 9.34. The normalized spacial score (nSPS) is 41.4. The lowest BCUT2D eigenvalue weighted by molar-refractivity contribution is -0.0637. The van der Waals surface area contributed by atoms with Crippen LogP contribution in [0.25, 0.3) is 0 Å². The van der Waals surface area contributed by atoms with Crippen molar-refractivity contribution in [1.29, 1.82) is 0 Å². The number of halogens is 2. The lowest BCUT2D eigenvalue weighted by atomic mass is 9.80. The first kappa shape index (κ1) is 11.6. The van der Waals surface area contributed by atoms with E-state index in [0.29, 0.717) is 19.3 Å². The summed E-state index contributed by atoms with van der Waals surface area (Å²) >= 11 is 0. The molecular formula is C11H17F2NO2. The Kier molecular flexibility index (Phi) is 2.59. The molecule has 2 rings (SSSR count). The number of nitrogens with two attached hydrogens (primary N) is 1. The highest BCUT2D eigenvalue weighted by Gasteiger charge is 2.51. The van der Waals surface area contributed by atoms with E-state index < -0.39 is 17.6 Å². The van der Waals surface area contributed by atoms with Gasteiger partial charge in [-0.2, -0.15) is 0 Å². The summed E-state index contributed by atoms with van der Waals surface area (Å²) in [7, 11) is 0. The average molecular weight is 233 g/mol. The van der Waals surface area contributed by atoms with Gasteiger partial charge in [-0.05, 0) is 38.0 Å². The molecule has 2 aliphatic carbocycles. The molecule has 0 aromatic heterocycles. The van der Waals surface area contributed by atoms with Crippen molar-refractivity contribution in [2.75, 3.05) is 0 Å². The fourth-order valence-corrected chi connectivity index (χ4v) is 3.31. The Morgan fingerprint density at radius 1 is 1.31 bits per heavy atom. The highest BCUT2D eigenvalue weighted by molar-refractivity contribution is 5.65. The van der Waals surface area contributed by atoms with Gasteiger partial charge in [-0.25, -0.2) is 13.6 Å². The van der Waals surface area contributed by atoms with Crippen LogP contribution in [0.2, 0.25) is 0 Å². The molecule has 0 unspecified atom stereocenters. The van der Waals surface area contributed by atoms with Crippen LogP contribution in [0, 0.1) is 11.8 Å². The van der Waals surface area contributed by atoms with Crippen LogP contribution in [-0.2, 0) is 4.74 Å². The molecule has 92 valence electrons. The molecule has 1 amide bonds. The minimum atomic E-state index is -2.54. The maximum atomic E-state index is 13.2. The van der Waals surface area contributed by atoms with Gasteiger partial charge in [-0.15, -0.1) is 0 Å². The van der Waals surface area contributed by atoms with Crippen LogP contribution in [0.15, 0.2) is 0 Å². The molecule has 0 aromatic carbocycles. The molecule has 5 heteroatoms. The van der Waals surface area contributed by atoms with Crippen LogP contribution in [0.5, 0.6) is 0 Å². The maximum Gasteiger partial charge on any atom is 0.405 e. The van der Waals surface area contributed by atoms with E-state index in [-0.39, 0.29) is 24.7 Å².